The lowest BCUT2D eigenvalue weighted by Gasteiger charge is -2.26. The Morgan fingerprint density at radius 3 is 2.49 bits per heavy atom. The summed E-state index contributed by atoms with van der Waals surface area (Å²) in [4.78, 5) is 40.6. The molecule has 0 aliphatic carbocycles. The van der Waals surface area contributed by atoms with Gasteiger partial charge in [0.15, 0.2) is 24.5 Å². The van der Waals surface area contributed by atoms with Gasteiger partial charge in [-0.1, -0.05) is 19.1 Å². The average Bonchev–Trinajstić information content (AvgIpc) is 3.18. The van der Waals surface area contributed by atoms with Crippen LogP contribution in [0.25, 0.3) is 6.08 Å². The summed E-state index contributed by atoms with van der Waals surface area (Å²) in [5.74, 6) is -4.22. The molecule has 0 unspecified atom stereocenters. The van der Waals surface area contributed by atoms with E-state index in [1.807, 2.05) is 0 Å². The fourth-order valence-corrected chi connectivity index (χ4v) is 4.32. The number of carbonyl (C=O) groups excluding carboxylic acids is 3. The van der Waals surface area contributed by atoms with Gasteiger partial charge >= 0.3 is 12.1 Å². The van der Waals surface area contributed by atoms with E-state index in [9.17, 15) is 14.4 Å². The van der Waals surface area contributed by atoms with E-state index in [0.29, 0.717) is 11.3 Å². The first-order valence-corrected chi connectivity index (χ1v) is 13.4. The Bertz CT molecular complexity index is 1220. The van der Waals surface area contributed by atoms with Crippen molar-refractivity contribution in [3.05, 3.63) is 41.2 Å². The molecule has 0 N–H and O–H groups in total. The van der Waals surface area contributed by atoms with E-state index in [1.54, 1.807) is 66.7 Å². The quantitative estimate of drug-likeness (QED) is 0.334. The predicted octanol–water partition coefficient (Wildman–Crippen LogP) is 5.58. The molecule has 2 heterocycles. The maximum absolute atomic E-state index is 15.0. The fourth-order valence-electron chi connectivity index (χ4n) is 4.32. The molecule has 0 bridgehead atoms. The molecule has 226 valence electrons. The highest BCUT2D eigenvalue weighted by Gasteiger charge is 2.45. The van der Waals surface area contributed by atoms with E-state index >= 15 is 4.39 Å². The minimum atomic E-state index is -1.16. The second kappa shape index (κ2) is 12.7. The zero-order chi connectivity index (χ0) is 30.7. The number of methoxy groups -OCH3 is 1. The molecule has 4 atom stereocenters. The number of ketones is 1. The lowest BCUT2D eigenvalue weighted by molar-refractivity contribution is -0.153. The molecular weight excluding hydrogens is 537 g/mol. The Kier molecular flexibility index (Phi) is 9.99. The third-order valence-electron chi connectivity index (χ3n) is 6.49. The Hall–Kier alpha value is -3.28. The summed E-state index contributed by atoms with van der Waals surface area (Å²) in [6.07, 6.45) is 1.22. The number of nitrogens with zero attached hydrogens (tertiary/aromatic N) is 1. The van der Waals surface area contributed by atoms with Crippen LogP contribution >= 0.6 is 0 Å². The summed E-state index contributed by atoms with van der Waals surface area (Å²) in [6.45, 7) is 11.6. The van der Waals surface area contributed by atoms with Crippen LogP contribution < -0.4 is 9.64 Å². The number of fused-ring (bicyclic) bond motifs is 2. The highest BCUT2D eigenvalue weighted by atomic mass is 19.1. The van der Waals surface area contributed by atoms with Crippen LogP contribution in [-0.2, 0) is 28.5 Å². The van der Waals surface area contributed by atoms with Gasteiger partial charge in [-0.3, -0.25) is 9.69 Å². The van der Waals surface area contributed by atoms with E-state index in [4.69, 9.17) is 28.4 Å². The lowest BCUT2D eigenvalue weighted by atomic mass is 9.98. The SMILES string of the molecule is COCOc1cc(N(C)C(=O)OC(C)(C)C)cc2c1C(=O)O[C@@H](C)[C@H](C)/C=C(/F)C(=O)[C@@H]1OC(C)(C)O[C@@H]1CC=C2. The Morgan fingerprint density at radius 2 is 1.85 bits per heavy atom. The highest BCUT2D eigenvalue weighted by molar-refractivity contribution is 5.99. The highest BCUT2D eigenvalue weighted by Crippen LogP contribution is 2.35. The fraction of sp³-hybridized carbons (Fsp3) is 0.567. The smallest absolute Gasteiger partial charge is 0.414 e. The van der Waals surface area contributed by atoms with E-state index in [1.165, 1.54) is 25.1 Å². The normalized spacial score (nSPS) is 26.1. The topological polar surface area (TPSA) is 110 Å². The minimum Gasteiger partial charge on any atom is -0.467 e. The Morgan fingerprint density at radius 1 is 1.17 bits per heavy atom. The summed E-state index contributed by atoms with van der Waals surface area (Å²) in [5.41, 5.74) is 0.0958. The van der Waals surface area contributed by atoms with Gasteiger partial charge in [0, 0.05) is 26.1 Å². The molecule has 3 rings (SSSR count). The van der Waals surface area contributed by atoms with Crippen LogP contribution in [0.5, 0.6) is 5.75 Å². The minimum absolute atomic E-state index is 0.0803. The number of Topliss-reactive ketones (excluding diaryl/α,β-unsaturated/α-hetero) is 1. The molecule has 10 nitrogen and oxygen atoms in total. The largest absolute Gasteiger partial charge is 0.467 e. The first kappa shape index (κ1) is 32.2. The van der Waals surface area contributed by atoms with Gasteiger partial charge in [-0.25, -0.2) is 14.0 Å². The van der Waals surface area contributed by atoms with E-state index < -0.39 is 59.3 Å². The number of carbonyl (C=O) groups is 3. The average molecular weight is 578 g/mol. The molecule has 0 aromatic heterocycles. The molecule has 0 saturated carbocycles. The molecule has 1 amide bonds. The van der Waals surface area contributed by atoms with Crippen molar-refractivity contribution in [1.29, 1.82) is 0 Å². The number of rotatable bonds is 4. The predicted molar refractivity (Wildman–Crippen MR) is 149 cm³/mol. The number of halogens is 1. The van der Waals surface area contributed by atoms with Crippen LogP contribution in [0.2, 0.25) is 0 Å². The monoisotopic (exact) mass is 577 g/mol. The molecule has 0 spiro atoms. The molecule has 2 aliphatic heterocycles. The van der Waals surface area contributed by atoms with Crippen molar-refractivity contribution in [2.45, 2.75) is 84.6 Å². The van der Waals surface area contributed by atoms with E-state index in [-0.39, 0.29) is 24.5 Å². The number of esters is 1. The van der Waals surface area contributed by atoms with Crippen molar-refractivity contribution in [2.75, 3.05) is 25.9 Å². The summed E-state index contributed by atoms with van der Waals surface area (Å²) < 4.78 is 48.7. The third kappa shape index (κ3) is 8.15. The van der Waals surface area contributed by atoms with Gasteiger partial charge in [0.25, 0.3) is 0 Å². The Balaban J connectivity index is 2.15. The van der Waals surface area contributed by atoms with Crippen molar-refractivity contribution < 1.29 is 47.2 Å². The molecule has 1 saturated heterocycles. The molecule has 0 radical (unpaired) electrons. The lowest BCUT2D eigenvalue weighted by Crippen LogP contribution is -2.34. The van der Waals surface area contributed by atoms with Gasteiger partial charge < -0.3 is 28.4 Å². The van der Waals surface area contributed by atoms with Gasteiger partial charge in [0.1, 0.15) is 23.0 Å². The number of cyclic esters (lactones) is 1. The maximum Gasteiger partial charge on any atom is 0.414 e. The number of ether oxygens (including phenoxy) is 6. The number of benzene rings is 1. The van der Waals surface area contributed by atoms with Gasteiger partial charge in [-0.15, -0.1) is 0 Å². The molecular formula is C30H40FNO9. The molecule has 1 aromatic rings. The number of amides is 1. The van der Waals surface area contributed by atoms with Crippen molar-refractivity contribution in [3.63, 3.8) is 0 Å². The Labute approximate surface area is 240 Å². The van der Waals surface area contributed by atoms with Crippen LogP contribution in [0.4, 0.5) is 14.9 Å². The second-order valence-corrected chi connectivity index (χ2v) is 11.6. The van der Waals surface area contributed by atoms with E-state index in [2.05, 4.69) is 0 Å². The first-order valence-electron chi connectivity index (χ1n) is 13.4. The number of anilines is 1. The van der Waals surface area contributed by atoms with Gasteiger partial charge in [0.05, 0.1) is 11.8 Å². The van der Waals surface area contributed by atoms with Crippen LogP contribution in [0.3, 0.4) is 0 Å². The molecule has 11 heteroatoms. The van der Waals surface area contributed by atoms with Crippen molar-refractivity contribution >= 4 is 29.6 Å². The summed E-state index contributed by atoms with van der Waals surface area (Å²) >= 11 is 0. The van der Waals surface area contributed by atoms with Crippen LogP contribution in [0, 0.1) is 5.92 Å². The molecule has 2 aliphatic rings. The summed E-state index contributed by atoms with van der Waals surface area (Å²) in [5, 5.41) is 0. The maximum atomic E-state index is 15.0. The van der Waals surface area contributed by atoms with Crippen LogP contribution in [0.1, 0.15) is 70.8 Å². The summed E-state index contributed by atoms with van der Waals surface area (Å²) in [7, 11) is 2.97. The zero-order valence-corrected chi connectivity index (χ0v) is 25.1. The first-order chi connectivity index (χ1) is 19.0. The molecule has 1 fully saturated rings. The second-order valence-electron chi connectivity index (χ2n) is 11.6. The summed E-state index contributed by atoms with van der Waals surface area (Å²) in [6, 6.07) is 3.13. The van der Waals surface area contributed by atoms with Crippen LogP contribution in [-0.4, -0.2) is 68.5 Å². The molecule has 1 aromatic carbocycles. The van der Waals surface area contributed by atoms with Crippen LogP contribution in [0.15, 0.2) is 30.1 Å². The zero-order valence-electron chi connectivity index (χ0n) is 25.1. The number of hydrogen-bond donors (Lipinski definition) is 0. The van der Waals surface area contributed by atoms with E-state index in [0.717, 1.165) is 6.08 Å². The van der Waals surface area contributed by atoms with Gasteiger partial charge in [0.2, 0.25) is 5.78 Å². The third-order valence-corrected chi connectivity index (χ3v) is 6.49. The van der Waals surface area contributed by atoms with Gasteiger partial charge in [-0.2, -0.15) is 0 Å². The van der Waals surface area contributed by atoms with Crippen molar-refractivity contribution in [2.24, 2.45) is 5.92 Å². The number of hydrogen-bond acceptors (Lipinski definition) is 9. The standard InChI is InChI=1S/C30H40FNO9/c1-17-13-21(31)25(33)26-22(39-30(6,7)40-26)12-10-11-19-14-20(32(8)28(35)41-29(3,4)5)15-23(37-16-36-9)24(19)27(34)38-18(17)2/h10-11,13-15,17-18,22,26H,12,16H2,1-9H3/b11-10?,21-13+/t17-,18+,22-,26-/m1/s1. The van der Waals surface area contributed by atoms with Crippen molar-refractivity contribution in [1.82, 2.24) is 0 Å². The van der Waals surface area contributed by atoms with Gasteiger partial charge in [-0.05, 0) is 65.7 Å². The van der Waals surface area contributed by atoms with Crippen molar-refractivity contribution in [3.8, 4) is 5.75 Å². The molecule has 41 heavy (non-hydrogen) atoms.